The molecule has 1 aromatic rings. The molecule has 0 aliphatic heterocycles. The summed E-state index contributed by atoms with van der Waals surface area (Å²) in [6.45, 7) is 0. The number of methoxy groups -OCH3 is 1. The number of amides is 2. The summed E-state index contributed by atoms with van der Waals surface area (Å²) in [7, 11) is 1.49. The second kappa shape index (κ2) is 7.63. The highest BCUT2D eigenvalue weighted by molar-refractivity contribution is 6.17. The van der Waals surface area contributed by atoms with Crippen LogP contribution in [-0.2, 0) is 4.79 Å². The van der Waals surface area contributed by atoms with E-state index < -0.39 is 5.91 Å². The van der Waals surface area contributed by atoms with Crippen molar-refractivity contribution in [1.82, 2.24) is 0 Å². The number of primary amides is 1. The van der Waals surface area contributed by atoms with Gasteiger partial charge in [-0.1, -0.05) is 0 Å². The van der Waals surface area contributed by atoms with Crippen LogP contribution < -0.4 is 15.8 Å². The number of ether oxygens (including phenoxy) is 1. The zero-order valence-corrected chi connectivity index (χ0v) is 11.5. The lowest BCUT2D eigenvalue weighted by molar-refractivity contribution is -0.116. The fraction of sp³-hybridized carbons (Fsp3) is 0.385. The summed E-state index contributed by atoms with van der Waals surface area (Å²) < 4.78 is 5.12. The maximum atomic E-state index is 11.7. The molecule has 6 heteroatoms. The highest BCUT2D eigenvalue weighted by atomic mass is 35.5. The van der Waals surface area contributed by atoms with E-state index in [1.54, 1.807) is 12.1 Å². The molecule has 0 fully saturated rings. The molecule has 0 atom stereocenters. The smallest absolute Gasteiger partial charge is 0.248 e. The average Bonchev–Trinajstić information content (AvgIpc) is 2.38. The Balaban J connectivity index is 2.77. The Morgan fingerprint density at radius 1 is 1.37 bits per heavy atom. The normalized spacial score (nSPS) is 10.0. The Kier molecular flexibility index (Phi) is 6.15. The predicted molar refractivity (Wildman–Crippen MR) is 74.7 cm³/mol. The fourth-order valence-electron chi connectivity index (χ4n) is 1.55. The van der Waals surface area contributed by atoms with Crippen LogP contribution in [0.1, 0.15) is 29.6 Å². The van der Waals surface area contributed by atoms with Crippen molar-refractivity contribution in [3.63, 3.8) is 0 Å². The Bertz CT molecular complexity index is 463. The average molecular weight is 285 g/mol. The number of carbonyl (C=O) groups excluding carboxylic acids is 2. The van der Waals surface area contributed by atoms with Gasteiger partial charge in [0.1, 0.15) is 5.75 Å². The minimum atomic E-state index is -0.555. The van der Waals surface area contributed by atoms with E-state index in [-0.39, 0.29) is 5.91 Å². The molecule has 0 aliphatic rings. The third-order valence-corrected chi connectivity index (χ3v) is 2.81. The van der Waals surface area contributed by atoms with Crippen molar-refractivity contribution in [2.75, 3.05) is 18.3 Å². The molecule has 0 aliphatic carbocycles. The van der Waals surface area contributed by atoms with Gasteiger partial charge in [-0.2, -0.15) is 0 Å². The van der Waals surface area contributed by atoms with Crippen LogP contribution in [0.25, 0.3) is 0 Å². The lowest BCUT2D eigenvalue weighted by Gasteiger charge is -2.11. The Hall–Kier alpha value is -1.75. The van der Waals surface area contributed by atoms with Gasteiger partial charge in [-0.3, -0.25) is 9.59 Å². The molecule has 5 nitrogen and oxygen atoms in total. The highest BCUT2D eigenvalue weighted by Gasteiger charge is 2.10. The Labute approximate surface area is 117 Å². The molecule has 2 amide bonds. The molecule has 3 N–H and O–H groups in total. The summed E-state index contributed by atoms with van der Waals surface area (Å²) in [6.07, 6.45) is 1.87. The van der Waals surface area contributed by atoms with Crippen LogP contribution in [0.3, 0.4) is 0 Å². The lowest BCUT2D eigenvalue weighted by atomic mass is 10.1. The minimum absolute atomic E-state index is 0.148. The molecule has 0 unspecified atom stereocenters. The quantitative estimate of drug-likeness (QED) is 0.594. The van der Waals surface area contributed by atoms with Gasteiger partial charge in [0.05, 0.1) is 12.8 Å². The molecule has 0 aromatic heterocycles. The van der Waals surface area contributed by atoms with Gasteiger partial charge < -0.3 is 15.8 Å². The number of benzene rings is 1. The van der Waals surface area contributed by atoms with Crippen LogP contribution >= 0.6 is 11.6 Å². The number of alkyl halides is 1. The largest absolute Gasteiger partial charge is 0.495 e. The standard InChI is InChI=1S/C13H17ClN2O3/c1-19-11-6-5-9(13(15)18)8-10(11)16-12(17)4-2-3-7-14/h5-6,8H,2-4,7H2,1H3,(H2,15,18)(H,16,17). The number of hydrogen-bond acceptors (Lipinski definition) is 3. The number of carbonyl (C=O) groups is 2. The second-order valence-corrected chi connectivity index (χ2v) is 4.35. The lowest BCUT2D eigenvalue weighted by Crippen LogP contribution is -2.15. The topological polar surface area (TPSA) is 81.4 Å². The summed E-state index contributed by atoms with van der Waals surface area (Å²) >= 11 is 5.55. The van der Waals surface area contributed by atoms with Gasteiger partial charge in [-0.25, -0.2) is 0 Å². The number of unbranched alkanes of at least 4 members (excludes halogenated alkanes) is 1. The molecule has 19 heavy (non-hydrogen) atoms. The van der Waals surface area contributed by atoms with Crippen LogP contribution in [0.15, 0.2) is 18.2 Å². The summed E-state index contributed by atoms with van der Waals surface area (Å²) in [4.78, 5) is 22.8. The van der Waals surface area contributed by atoms with Crippen molar-refractivity contribution >= 4 is 29.1 Å². The van der Waals surface area contributed by atoms with E-state index in [1.165, 1.54) is 13.2 Å². The summed E-state index contributed by atoms with van der Waals surface area (Å²) in [5, 5.41) is 2.70. The molecule has 0 saturated heterocycles. The Morgan fingerprint density at radius 2 is 2.11 bits per heavy atom. The monoisotopic (exact) mass is 284 g/mol. The molecule has 104 valence electrons. The van der Waals surface area contributed by atoms with Crippen molar-refractivity contribution in [3.8, 4) is 5.75 Å². The van der Waals surface area contributed by atoms with Crippen LogP contribution in [0.5, 0.6) is 5.75 Å². The first-order chi connectivity index (χ1) is 9.08. The predicted octanol–water partition coefficient (Wildman–Crippen LogP) is 2.14. The first-order valence-electron chi connectivity index (χ1n) is 5.92. The molecule has 0 saturated carbocycles. The first kappa shape index (κ1) is 15.3. The van der Waals surface area contributed by atoms with Gasteiger partial charge in [-0.05, 0) is 31.0 Å². The van der Waals surface area contributed by atoms with E-state index in [4.69, 9.17) is 22.1 Å². The van der Waals surface area contributed by atoms with Gasteiger partial charge in [-0.15, -0.1) is 11.6 Å². The number of nitrogens with one attached hydrogen (secondary N) is 1. The van der Waals surface area contributed by atoms with E-state index in [0.29, 0.717) is 35.7 Å². The molecular formula is C13H17ClN2O3. The first-order valence-corrected chi connectivity index (χ1v) is 6.45. The van der Waals surface area contributed by atoms with E-state index in [2.05, 4.69) is 5.32 Å². The van der Waals surface area contributed by atoms with Gasteiger partial charge in [0.25, 0.3) is 0 Å². The van der Waals surface area contributed by atoms with Crippen molar-refractivity contribution in [3.05, 3.63) is 23.8 Å². The number of rotatable bonds is 7. The Morgan fingerprint density at radius 3 is 2.68 bits per heavy atom. The van der Waals surface area contributed by atoms with E-state index in [9.17, 15) is 9.59 Å². The van der Waals surface area contributed by atoms with E-state index >= 15 is 0 Å². The number of anilines is 1. The molecule has 0 bridgehead atoms. The highest BCUT2D eigenvalue weighted by Crippen LogP contribution is 2.25. The van der Waals surface area contributed by atoms with Crippen molar-refractivity contribution in [2.45, 2.75) is 19.3 Å². The van der Waals surface area contributed by atoms with E-state index in [0.717, 1.165) is 6.42 Å². The molecule has 1 rings (SSSR count). The second-order valence-electron chi connectivity index (χ2n) is 3.97. The number of nitrogens with two attached hydrogens (primary N) is 1. The van der Waals surface area contributed by atoms with Crippen molar-refractivity contribution < 1.29 is 14.3 Å². The van der Waals surface area contributed by atoms with Crippen LogP contribution in [-0.4, -0.2) is 24.8 Å². The number of hydrogen-bond donors (Lipinski definition) is 2. The van der Waals surface area contributed by atoms with Crippen LogP contribution in [0.2, 0.25) is 0 Å². The minimum Gasteiger partial charge on any atom is -0.495 e. The molecule has 0 radical (unpaired) electrons. The van der Waals surface area contributed by atoms with Crippen LogP contribution in [0, 0.1) is 0 Å². The summed E-state index contributed by atoms with van der Waals surface area (Å²) in [6, 6.07) is 4.64. The van der Waals surface area contributed by atoms with Crippen molar-refractivity contribution in [1.29, 1.82) is 0 Å². The van der Waals surface area contributed by atoms with Gasteiger partial charge in [0.2, 0.25) is 11.8 Å². The summed E-state index contributed by atoms with van der Waals surface area (Å²) in [5.41, 5.74) is 5.95. The van der Waals surface area contributed by atoms with Crippen LogP contribution in [0.4, 0.5) is 5.69 Å². The maximum Gasteiger partial charge on any atom is 0.248 e. The van der Waals surface area contributed by atoms with Gasteiger partial charge in [0.15, 0.2) is 0 Å². The molecular weight excluding hydrogens is 268 g/mol. The fourth-order valence-corrected chi connectivity index (χ4v) is 1.74. The molecule has 0 spiro atoms. The zero-order chi connectivity index (χ0) is 14.3. The maximum absolute atomic E-state index is 11.7. The zero-order valence-electron chi connectivity index (χ0n) is 10.7. The van der Waals surface area contributed by atoms with Gasteiger partial charge >= 0.3 is 0 Å². The number of halogens is 1. The summed E-state index contributed by atoms with van der Waals surface area (Å²) in [5.74, 6) is 0.314. The van der Waals surface area contributed by atoms with Crippen molar-refractivity contribution in [2.24, 2.45) is 5.73 Å². The van der Waals surface area contributed by atoms with Gasteiger partial charge in [0, 0.05) is 17.9 Å². The third kappa shape index (κ3) is 4.79. The van der Waals surface area contributed by atoms with E-state index in [1.807, 2.05) is 0 Å². The SMILES string of the molecule is COc1ccc(C(N)=O)cc1NC(=O)CCCCCl. The third-order valence-electron chi connectivity index (χ3n) is 2.55. The molecule has 0 heterocycles. The molecule has 1 aromatic carbocycles.